The largest absolute Gasteiger partial charge is 0.373 e. The summed E-state index contributed by atoms with van der Waals surface area (Å²) in [7, 11) is 1.80. The number of pyridine rings is 2. The van der Waals surface area contributed by atoms with Gasteiger partial charge in [-0.2, -0.15) is 5.10 Å². The first kappa shape index (κ1) is 23.3. The average Bonchev–Trinajstić information content (AvgIpc) is 3.46. The number of carbonyl (C=O) groups excluding carboxylic acids is 1. The lowest BCUT2D eigenvalue weighted by Crippen LogP contribution is -2.18. The van der Waals surface area contributed by atoms with Gasteiger partial charge in [-0.15, -0.1) is 0 Å². The minimum atomic E-state index is -0.185. The van der Waals surface area contributed by atoms with Crippen molar-refractivity contribution in [2.75, 3.05) is 17.7 Å². The topological polar surface area (TPSA) is 89.1 Å². The molecule has 4 heterocycles. The number of rotatable bonds is 5. The molecule has 0 atom stereocenters. The van der Waals surface area contributed by atoms with E-state index >= 15 is 0 Å². The zero-order valence-electron chi connectivity index (χ0n) is 21.1. The Labute approximate surface area is 210 Å². The van der Waals surface area contributed by atoms with E-state index in [4.69, 9.17) is 0 Å². The van der Waals surface area contributed by atoms with E-state index in [2.05, 4.69) is 51.0 Å². The first-order valence-corrected chi connectivity index (χ1v) is 11.8. The maximum atomic E-state index is 13.2. The number of aryl methyl sites for hydroxylation is 1. The molecule has 0 radical (unpaired) electrons. The normalized spacial score (nSPS) is 11.6. The minimum Gasteiger partial charge on any atom is -0.373 e. The zero-order valence-corrected chi connectivity index (χ0v) is 21.1. The van der Waals surface area contributed by atoms with Crippen molar-refractivity contribution in [3.8, 4) is 16.9 Å². The van der Waals surface area contributed by atoms with Gasteiger partial charge in [0.25, 0.3) is 5.91 Å². The molecule has 0 bridgehead atoms. The molecule has 0 unspecified atom stereocenters. The van der Waals surface area contributed by atoms with Crippen molar-refractivity contribution >= 4 is 23.1 Å². The third kappa shape index (κ3) is 4.45. The van der Waals surface area contributed by atoms with E-state index < -0.39 is 0 Å². The Kier molecular flexibility index (Phi) is 5.80. The van der Waals surface area contributed by atoms with E-state index in [-0.39, 0.29) is 11.3 Å². The SMILES string of the molecule is CNc1cc(C(=O)Nc2ccc(C)c(-n3ccn4nc(-c5cccnc5)cc34)c2)cc(C(C)(C)C)n1. The predicted octanol–water partition coefficient (Wildman–Crippen LogP) is 5.48. The molecule has 0 spiro atoms. The first-order chi connectivity index (χ1) is 17.2. The van der Waals surface area contributed by atoms with Crippen LogP contribution in [0.25, 0.3) is 22.6 Å². The average molecular weight is 480 g/mol. The van der Waals surface area contributed by atoms with Gasteiger partial charge in [-0.05, 0) is 48.9 Å². The minimum absolute atomic E-state index is 0.182. The predicted molar refractivity (Wildman–Crippen MR) is 143 cm³/mol. The molecule has 5 aromatic rings. The Hall–Kier alpha value is -4.46. The Morgan fingerprint density at radius 2 is 1.86 bits per heavy atom. The molecule has 0 aliphatic rings. The number of anilines is 2. The molecule has 2 N–H and O–H groups in total. The summed E-state index contributed by atoms with van der Waals surface area (Å²) in [5.74, 6) is 0.479. The highest BCUT2D eigenvalue weighted by atomic mass is 16.1. The summed E-state index contributed by atoms with van der Waals surface area (Å²) in [5, 5.41) is 10.8. The highest BCUT2D eigenvalue weighted by molar-refractivity contribution is 6.05. The first-order valence-electron chi connectivity index (χ1n) is 11.8. The number of nitrogens with one attached hydrogen (secondary N) is 2. The number of aromatic nitrogens is 5. The van der Waals surface area contributed by atoms with Crippen LogP contribution in [0, 0.1) is 6.92 Å². The van der Waals surface area contributed by atoms with Crippen molar-refractivity contribution in [1.82, 2.24) is 24.1 Å². The molecule has 0 aliphatic heterocycles. The van der Waals surface area contributed by atoms with Crippen LogP contribution in [0.3, 0.4) is 0 Å². The second-order valence-corrected chi connectivity index (χ2v) is 9.82. The maximum Gasteiger partial charge on any atom is 0.255 e. The Bertz CT molecular complexity index is 1560. The maximum absolute atomic E-state index is 13.2. The van der Waals surface area contributed by atoms with Gasteiger partial charge in [0.15, 0.2) is 0 Å². The fourth-order valence-electron chi connectivity index (χ4n) is 4.06. The zero-order chi connectivity index (χ0) is 25.4. The van der Waals surface area contributed by atoms with E-state index in [9.17, 15) is 4.79 Å². The molecule has 36 heavy (non-hydrogen) atoms. The van der Waals surface area contributed by atoms with Gasteiger partial charge in [-0.3, -0.25) is 14.3 Å². The van der Waals surface area contributed by atoms with E-state index in [0.717, 1.165) is 33.8 Å². The smallest absolute Gasteiger partial charge is 0.255 e. The van der Waals surface area contributed by atoms with Gasteiger partial charge in [0.2, 0.25) is 0 Å². The van der Waals surface area contributed by atoms with E-state index in [0.29, 0.717) is 17.1 Å². The molecule has 1 aromatic carbocycles. The summed E-state index contributed by atoms with van der Waals surface area (Å²) in [6.07, 6.45) is 7.44. The van der Waals surface area contributed by atoms with Gasteiger partial charge in [-0.25, -0.2) is 9.50 Å². The van der Waals surface area contributed by atoms with Gasteiger partial charge >= 0.3 is 0 Å². The number of fused-ring (bicyclic) bond motifs is 1. The van der Waals surface area contributed by atoms with Crippen LogP contribution in [0.15, 0.2) is 73.3 Å². The van der Waals surface area contributed by atoms with Crippen molar-refractivity contribution in [3.05, 3.63) is 90.1 Å². The highest BCUT2D eigenvalue weighted by Crippen LogP contribution is 2.27. The van der Waals surface area contributed by atoms with Gasteiger partial charge in [0.1, 0.15) is 11.5 Å². The molecule has 8 nitrogen and oxygen atoms in total. The number of amides is 1. The second kappa shape index (κ2) is 8.96. The van der Waals surface area contributed by atoms with E-state index in [1.165, 1.54) is 0 Å². The summed E-state index contributed by atoms with van der Waals surface area (Å²) in [6.45, 7) is 8.29. The summed E-state index contributed by atoms with van der Waals surface area (Å²) in [5.41, 5.74) is 6.69. The van der Waals surface area contributed by atoms with Crippen LogP contribution >= 0.6 is 0 Å². The summed E-state index contributed by atoms with van der Waals surface area (Å²) in [4.78, 5) is 22.0. The van der Waals surface area contributed by atoms with Crippen molar-refractivity contribution < 1.29 is 4.79 Å². The number of hydrogen-bond acceptors (Lipinski definition) is 5. The Balaban J connectivity index is 1.47. The molecular weight excluding hydrogens is 450 g/mol. The third-order valence-corrected chi connectivity index (χ3v) is 6.12. The fraction of sp³-hybridized carbons (Fsp3) is 0.214. The molecule has 1 amide bonds. The third-order valence-electron chi connectivity index (χ3n) is 6.12. The van der Waals surface area contributed by atoms with Gasteiger partial charge < -0.3 is 10.6 Å². The number of nitrogens with zero attached hydrogens (tertiary/aromatic N) is 5. The van der Waals surface area contributed by atoms with Crippen LogP contribution < -0.4 is 10.6 Å². The fourth-order valence-corrected chi connectivity index (χ4v) is 4.06. The number of imidazole rings is 1. The number of benzene rings is 1. The number of carbonyl (C=O) groups is 1. The Morgan fingerprint density at radius 1 is 1.03 bits per heavy atom. The molecule has 0 fully saturated rings. The molecular formula is C28H29N7O. The standard InChI is InChI=1S/C28H29N7O/c1-18-8-9-21(31-27(36)20-13-24(28(2,3)4)32-25(14-20)29-5)15-23(18)34-11-12-35-26(34)16-22(33-35)19-7-6-10-30-17-19/h6-17H,1-5H3,(H,29,32)(H,31,36). The molecule has 5 rings (SSSR count). The molecule has 8 heteroatoms. The van der Waals surface area contributed by atoms with E-state index in [1.807, 2.05) is 66.3 Å². The van der Waals surface area contributed by atoms with Crippen LogP contribution in [0.2, 0.25) is 0 Å². The summed E-state index contributed by atoms with van der Waals surface area (Å²) >= 11 is 0. The summed E-state index contributed by atoms with van der Waals surface area (Å²) in [6, 6.07) is 15.4. The van der Waals surface area contributed by atoms with Crippen LogP contribution in [0.4, 0.5) is 11.5 Å². The van der Waals surface area contributed by atoms with Gasteiger partial charge in [-0.1, -0.05) is 26.8 Å². The van der Waals surface area contributed by atoms with Crippen molar-refractivity contribution in [1.29, 1.82) is 0 Å². The van der Waals surface area contributed by atoms with Crippen LogP contribution in [-0.4, -0.2) is 37.1 Å². The van der Waals surface area contributed by atoms with E-state index in [1.54, 1.807) is 25.5 Å². The monoisotopic (exact) mass is 479 g/mol. The lowest BCUT2D eigenvalue weighted by Gasteiger charge is -2.20. The van der Waals surface area contributed by atoms with Crippen molar-refractivity contribution in [3.63, 3.8) is 0 Å². The lowest BCUT2D eigenvalue weighted by atomic mass is 9.90. The Morgan fingerprint density at radius 3 is 2.58 bits per heavy atom. The highest BCUT2D eigenvalue weighted by Gasteiger charge is 2.20. The van der Waals surface area contributed by atoms with Crippen molar-refractivity contribution in [2.45, 2.75) is 33.1 Å². The van der Waals surface area contributed by atoms with Crippen molar-refractivity contribution in [2.24, 2.45) is 0 Å². The van der Waals surface area contributed by atoms with Crippen LogP contribution in [0.5, 0.6) is 0 Å². The molecule has 182 valence electrons. The van der Waals surface area contributed by atoms with Gasteiger partial charge in [0.05, 0.1) is 11.4 Å². The lowest BCUT2D eigenvalue weighted by molar-refractivity contribution is 0.102. The molecule has 0 aliphatic carbocycles. The van der Waals surface area contributed by atoms with Gasteiger partial charge in [0, 0.05) is 65.8 Å². The molecule has 4 aromatic heterocycles. The quantitative estimate of drug-likeness (QED) is 0.348. The molecule has 0 saturated heterocycles. The second-order valence-electron chi connectivity index (χ2n) is 9.82. The molecule has 0 saturated carbocycles. The van der Waals surface area contributed by atoms with Crippen LogP contribution in [0.1, 0.15) is 42.4 Å². The van der Waals surface area contributed by atoms with Crippen LogP contribution in [-0.2, 0) is 5.41 Å². The summed E-state index contributed by atoms with van der Waals surface area (Å²) < 4.78 is 3.92. The number of hydrogen-bond donors (Lipinski definition) is 2.